The topological polar surface area (TPSA) is 65.2 Å². The second-order valence-electron chi connectivity index (χ2n) is 9.30. The van der Waals surface area contributed by atoms with Gasteiger partial charge in [-0.1, -0.05) is 18.2 Å². The Morgan fingerprint density at radius 1 is 1.17 bits per heavy atom. The van der Waals surface area contributed by atoms with E-state index in [0.29, 0.717) is 23.7 Å². The molecule has 5 rings (SSSR count). The van der Waals surface area contributed by atoms with Crippen LogP contribution in [0.5, 0.6) is 5.75 Å². The Labute approximate surface area is 223 Å². The third-order valence-electron chi connectivity index (χ3n) is 6.84. The number of aromatic nitrogens is 4. The summed E-state index contributed by atoms with van der Waals surface area (Å²) in [6, 6.07) is 12.3. The lowest BCUT2D eigenvalue weighted by Crippen LogP contribution is -2.42. The van der Waals surface area contributed by atoms with Gasteiger partial charge in [-0.05, 0) is 62.1 Å². The Morgan fingerprint density at radius 2 is 1.94 bits per heavy atom. The normalized spacial score (nSPS) is 17.5. The molecule has 4 aromatic rings. The summed E-state index contributed by atoms with van der Waals surface area (Å²) in [5.74, 6) is 1.01. The Balaban J connectivity index is 1.57. The molecule has 186 valence electrons. The summed E-state index contributed by atoms with van der Waals surface area (Å²) in [4.78, 5) is 23.0. The SMILES string of the molecule is COc1cc(Cc2cnc3n(c2=O)C(C)(c2ccc(F)cc2)CCCN3I)ccc1-n1cnc(C)c1. The molecule has 1 aliphatic heterocycles. The fourth-order valence-electron chi connectivity index (χ4n) is 4.89. The monoisotopic (exact) mass is 599 g/mol. The minimum atomic E-state index is -0.649. The molecule has 0 amide bonds. The first-order valence-electron chi connectivity index (χ1n) is 11.8. The van der Waals surface area contributed by atoms with Gasteiger partial charge in [-0.25, -0.2) is 14.4 Å². The first kappa shape index (κ1) is 24.5. The van der Waals surface area contributed by atoms with Gasteiger partial charge >= 0.3 is 0 Å². The minimum absolute atomic E-state index is 0.0938. The zero-order valence-electron chi connectivity index (χ0n) is 20.4. The van der Waals surface area contributed by atoms with Gasteiger partial charge in [-0.2, -0.15) is 0 Å². The number of anilines is 1. The van der Waals surface area contributed by atoms with E-state index < -0.39 is 5.54 Å². The predicted octanol–water partition coefficient (Wildman–Crippen LogP) is 5.19. The highest BCUT2D eigenvalue weighted by atomic mass is 127. The van der Waals surface area contributed by atoms with Crippen molar-refractivity contribution < 1.29 is 9.13 Å². The van der Waals surface area contributed by atoms with E-state index in [1.54, 1.807) is 36.3 Å². The maximum atomic E-state index is 14.0. The van der Waals surface area contributed by atoms with Crippen LogP contribution in [0.3, 0.4) is 0 Å². The molecule has 1 unspecified atom stereocenters. The van der Waals surface area contributed by atoms with E-state index in [2.05, 4.69) is 27.8 Å². The van der Waals surface area contributed by atoms with Gasteiger partial charge in [0.1, 0.15) is 11.6 Å². The number of halogens is 2. The molecule has 9 heteroatoms. The predicted molar refractivity (Wildman–Crippen MR) is 146 cm³/mol. The van der Waals surface area contributed by atoms with Crippen molar-refractivity contribution in [2.24, 2.45) is 0 Å². The molecule has 0 saturated heterocycles. The molecular formula is C27H27FIN5O2. The van der Waals surface area contributed by atoms with Gasteiger partial charge in [-0.15, -0.1) is 0 Å². The second kappa shape index (κ2) is 9.68. The van der Waals surface area contributed by atoms with Gasteiger partial charge in [0, 0.05) is 30.9 Å². The smallest absolute Gasteiger partial charge is 0.259 e. The van der Waals surface area contributed by atoms with Crippen LogP contribution < -0.4 is 13.4 Å². The van der Waals surface area contributed by atoms with E-state index in [1.807, 2.05) is 45.9 Å². The van der Waals surface area contributed by atoms with Crippen LogP contribution in [0.1, 0.15) is 42.1 Å². The highest BCUT2D eigenvalue weighted by Crippen LogP contribution is 2.37. The van der Waals surface area contributed by atoms with Crippen molar-refractivity contribution in [1.82, 2.24) is 19.1 Å². The van der Waals surface area contributed by atoms with Gasteiger partial charge in [0.2, 0.25) is 5.95 Å². The fourth-order valence-corrected chi connectivity index (χ4v) is 5.58. The number of hydrogen-bond donors (Lipinski definition) is 0. The van der Waals surface area contributed by atoms with Crippen LogP contribution in [0.25, 0.3) is 5.69 Å². The van der Waals surface area contributed by atoms with Crippen molar-refractivity contribution >= 4 is 28.8 Å². The lowest BCUT2D eigenvalue weighted by Gasteiger charge is -2.33. The molecule has 0 aliphatic carbocycles. The summed E-state index contributed by atoms with van der Waals surface area (Å²) in [6.07, 6.45) is 7.39. The quantitative estimate of drug-likeness (QED) is 0.234. The van der Waals surface area contributed by atoms with Crippen molar-refractivity contribution in [1.29, 1.82) is 0 Å². The van der Waals surface area contributed by atoms with Gasteiger partial charge < -0.3 is 9.30 Å². The number of ether oxygens (including phenoxy) is 1. The van der Waals surface area contributed by atoms with Crippen LogP contribution in [0.2, 0.25) is 0 Å². The zero-order chi connectivity index (χ0) is 25.4. The van der Waals surface area contributed by atoms with Gasteiger partial charge in [0.15, 0.2) is 0 Å². The molecule has 0 bridgehead atoms. The van der Waals surface area contributed by atoms with Crippen molar-refractivity contribution in [3.63, 3.8) is 0 Å². The van der Waals surface area contributed by atoms with Crippen LogP contribution >= 0.6 is 22.9 Å². The van der Waals surface area contributed by atoms with E-state index in [9.17, 15) is 9.18 Å². The third-order valence-corrected chi connectivity index (χ3v) is 7.75. The van der Waals surface area contributed by atoms with Crippen LogP contribution in [0.4, 0.5) is 10.3 Å². The highest BCUT2D eigenvalue weighted by Gasteiger charge is 2.36. The van der Waals surface area contributed by atoms with E-state index in [4.69, 9.17) is 9.72 Å². The van der Waals surface area contributed by atoms with Crippen LogP contribution in [0, 0.1) is 12.7 Å². The lowest BCUT2D eigenvalue weighted by molar-refractivity contribution is 0.357. The average Bonchev–Trinajstić information content (AvgIpc) is 3.25. The molecule has 3 heterocycles. The van der Waals surface area contributed by atoms with Crippen molar-refractivity contribution in [2.75, 3.05) is 16.8 Å². The fraction of sp³-hybridized carbons (Fsp3) is 0.296. The summed E-state index contributed by atoms with van der Waals surface area (Å²) in [5.41, 5.74) is 3.47. The van der Waals surface area contributed by atoms with E-state index in [-0.39, 0.29) is 11.4 Å². The molecule has 1 atom stereocenters. The largest absolute Gasteiger partial charge is 0.495 e. The molecular weight excluding hydrogens is 572 g/mol. The maximum Gasteiger partial charge on any atom is 0.259 e. The van der Waals surface area contributed by atoms with Crippen LogP contribution in [-0.4, -0.2) is 32.8 Å². The Kier molecular flexibility index (Phi) is 6.59. The van der Waals surface area contributed by atoms with Crippen molar-refractivity contribution in [3.05, 3.63) is 99.7 Å². The molecule has 36 heavy (non-hydrogen) atoms. The summed E-state index contributed by atoms with van der Waals surface area (Å²) < 4.78 is 25.0. The summed E-state index contributed by atoms with van der Waals surface area (Å²) >= 11 is 2.21. The summed E-state index contributed by atoms with van der Waals surface area (Å²) in [7, 11) is 1.63. The Bertz CT molecular complexity index is 1470. The number of methoxy groups -OCH3 is 1. The Hall–Kier alpha value is -3.21. The molecule has 2 aromatic heterocycles. The van der Waals surface area contributed by atoms with Crippen molar-refractivity contribution in [3.8, 4) is 11.4 Å². The number of fused-ring (bicyclic) bond motifs is 1. The first-order chi connectivity index (χ1) is 17.3. The molecule has 0 radical (unpaired) electrons. The second-order valence-corrected chi connectivity index (χ2v) is 10.5. The number of hydrogen-bond acceptors (Lipinski definition) is 5. The first-order valence-corrected chi connectivity index (χ1v) is 12.8. The number of rotatable bonds is 5. The highest BCUT2D eigenvalue weighted by molar-refractivity contribution is 14.1. The minimum Gasteiger partial charge on any atom is -0.495 e. The molecule has 0 fully saturated rings. The van der Waals surface area contributed by atoms with E-state index >= 15 is 0 Å². The third kappa shape index (κ3) is 4.40. The maximum absolute atomic E-state index is 14.0. The summed E-state index contributed by atoms with van der Waals surface area (Å²) in [5, 5.41) is 0. The van der Waals surface area contributed by atoms with Crippen LogP contribution in [-0.2, 0) is 12.0 Å². The van der Waals surface area contributed by atoms with Gasteiger partial charge in [0.05, 0.1) is 53.2 Å². The van der Waals surface area contributed by atoms with Crippen LogP contribution in [0.15, 0.2) is 66.0 Å². The summed E-state index contributed by atoms with van der Waals surface area (Å²) in [6.45, 7) is 4.75. The van der Waals surface area contributed by atoms with Crippen molar-refractivity contribution in [2.45, 2.75) is 38.6 Å². The molecule has 0 saturated carbocycles. The zero-order valence-corrected chi connectivity index (χ0v) is 22.6. The van der Waals surface area contributed by atoms with E-state index in [1.165, 1.54) is 12.1 Å². The number of imidazole rings is 1. The number of aryl methyl sites for hydroxylation is 1. The van der Waals surface area contributed by atoms with E-state index in [0.717, 1.165) is 41.9 Å². The lowest BCUT2D eigenvalue weighted by atomic mass is 9.87. The molecule has 7 nitrogen and oxygen atoms in total. The Morgan fingerprint density at radius 3 is 2.64 bits per heavy atom. The molecule has 1 aliphatic rings. The van der Waals surface area contributed by atoms with Gasteiger partial charge in [-0.3, -0.25) is 12.5 Å². The number of benzene rings is 2. The van der Waals surface area contributed by atoms with Gasteiger partial charge in [0.25, 0.3) is 5.56 Å². The number of nitrogens with zero attached hydrogens (tertiary/aromatic N) is 5. The molecule has 2 aromatic carbocycles. The average molecular weight is 599 g/mol. The molecule has 0 N–H and O–H groups in total. The molecule has 0 spiro atoms. The standard InChI is InChI=1S/C27H27FIN5O2/c1-18-16-32(17-31-18)23-10-5-19(14-24(23)36-3)13-20-15-30-26-33(29)12-4-11-27(2,34(26)25(20)35)21-6-8-22(28)9-7-21/h5-10,14-17H,4,11-13H2,1-3H3.